The standard InChI is InChI=1S/C29H26BrNO5/c1-29(2,3)20-9-5-18(6-10-20)25-24(26(32)19-7-11-21(30)12-8-19)27(33)28(34)31(25)15-17-4-13-22-23(14-17)36-16-35-22/h4-14,25,32H,15-16H2,1-3H3/b26-24+. The summed E-state index contributed by atoms with van der Waals surface area (Å²) in [5.74, 6) is -0.313. The molecule has 2 heterocycles. The van der Waals surface area contributed by atoms with Crippen LogP contribution in [0.3, 0.4) is 0 Å². The molecule has 3 aromatic rings. The molecular formula is C29H26BrNO5. The van der Waals surface area contributed by atoms with Crippen molar-refractivity contribution in [3.05, 3.63) is 99.0 Å². The van der Waals surface area contributed by atoms with Crippen LogP contribution in [0.2, 0.25) is 0 Å². The van der Waals surface area contributed by atoms with Gasteiger partial charge in [-0.3, -0.25) is 9.59 Å². The molecule has 36 heavy (non-hydrogen) atoms. The third-order valence-corrected chi connectivity index (χ3v) is 7.07. The van der Waals surface area contributed by atoms with Crippen molar-refractivity contribution in [1.29, 1.82) is 0 Å². The fraction of sp³-hybridized carbons (Fsp3) is 0.241. The average Bonchev–Trinajstić information content (AvgIpc) is 3.41. The van der Waals surface area contributed by atoms with E-state index in [1.807, 2.05) is 36.4 Å². The number of ether oxygens (including phenoxy) is 2. The van der Waals surface area contributed by atoms with E-state index in [0.717, 1.165) is 21.2 Å². The van der Waals surface area contributed by atoms with Crippen molar-refractivity contribution in [2.45, 2.75) is 38.8 Å². The Hall–Kier alpha value is -3.58. The highest BCUT2D eigenvalue weighted by Gasteiger charge is 2.46. The lowest BCUT2D eigenvalue weighted by atomic mass is 9.85. The summed E-state index contributed by atoms with van der Waals surface area (Å²) < 4.78 is 11.7. The molecule has 2 aliphatic heterocycles. The van der Waals surface area contributed by atoms with Gasteiger partial charge in [0.1, 0.15) is 5.76 Å². The maximum atomic E-state index is 13.3. The van der Waals surface area contributed by atoms with Gasteiger partial charge in [-0.25, -0.2) is 0 Å². The highest BCUT2D eigenvalue weighted by Crippen LogP contribution is 2.42. The molecule has 0 spiro atoms. The number of Topliss-reactive ketones (excluding diaryl/α,β-unsaturated/α-hetero) is 1. The summed E-state index contributed by atoms with van der Waals surface area (Å²) in [6.45, 7) is 6.70. The lowest BCUT2D eigenvalue weighted by Gasteiger charge is -2.26. The van der Waals surface area contributed by atoms with Crippen molar-refractivity contribution in [3.8, 4) is 11.5 Å². The van der Waals surface area contributed by atoms with Crippen LogP contribution in [0.1, 0.15) is 49.1 Å². The second-order valence-corrected chi connectivity index (χ2v) is 10.9. The van der Waals surface area contributed by atoms with Crippen LogP contribution in [0.4, 0.5) is 0 Å². The number of benzene rings is 3. The first-order valence-electron chi connectivity index (χ1n) is 11.7. The van der Waals surface area contributed by atoms with Gasteiger partial charge in [-0.15, -0.1) is 0 Å². The Morgan fingerprint density at radius 2 is 1.64 bits per heavy atom. The van der Waals surface area contributed by atoms with Gasteiger partial charge in [0.2, 0.25) is 6.79 Å². The minimum Gasteiger partial charge on any atom is -0.507 e. The molecule has 1 unspecified atom stereocenters. The minimum absolute atomic E-state index is 0.0513. The van der Waals surface area contributed by atoms with E-state index < -0.39 is 17.7 Å². The Morgan fingerprint density at radius 3 is 2.31 bits per heavy atom. The summed E-state index contributed by atoms with van der Waals surface area (Å²) in [6, 6.07) is 19.6. The van der Waals surface area contributed by atoms with E-state index in [-0.39, 0.29) is 30.1 Å². The van der Waals surface area contributed by atoms with Crippen molar-refractivity contribution >= 4 is 33.4 Å². The number of fused-ring (bicyclic) bond motifs is 1. The normalized spacial score (nSPS) is 18.7. The molecule has 2 aliphatic rings. The molecule has 1 atom stereocenters. The summed E-state index contributed by atoms with van der Waals surface area (Å²) in [4.78, 5) is 28.2. The maximum Gasteiger partial charge on any atom is 0.295 e. The Kier molecular flexibility index (Phi) is 6.12. The molecule has 3 aromatic carbocycles. The molecular weight excluding hydrogens is 522 g/mol. The molecule has 6 nitrogen and oxygen atoms in total. The summed E-state index contributed by atoms with van der Waals surface area (Å²) in [5, 5.41) is 11.3. The van der Waals surface area contributed by atoms with Crippen molar-refractivity contribution in [3.63, 3.8) is 0 Å². The summed E-state index contributed by atoms with van der Waals surface area (Å²) in [5.41, 5.74) is 3.17. The van der Waals surface area contributed by atoms with E-state index in [1.54, 1.807) is 30.3 Å². The number of ketones is 1. The maximum absolute atomic E-state index is 13.3. The number of aliphatic hydroxyl groups excluding tert-OH is 1. The number of halogens is 1. The largest absolute Gasteiger partial charge is 0.507 e. The van der Waals surface area contributed by atoms with E-state index >= 15 is 0 Å². The van der Waals surface area contributed by atoms with Gasteiger partial charge in [0, 0.05) is 16.6 Å². The van der Waals surface area contributed by atoms with Crippen LogP contribution in [0.25, 0.3) is 5.76 Å². The van der Waals surface area contributed by atoms with Gasteiger partial charge in [0.15, 0.2) is 11.5 Å². The third-order valence-electron chi connectivity index (χ3n) is 6.54. The quantitative estimate of drug-likeness (QED) is 0.242. The summed E-state index contributed by atoms with van der Waals surface area (Å²) in [7, 11) is 0. The number of carbonyl (C=O) groups is 2. The molecule has 1 N–H and O–H groups in total. The van der Waals surface area contributed by atoms with Gasteiger partial charge >= 0.3 is 0 Å². The first-order chi connectivity index (χ1) is 17.1. The first kappa shape index (κ1) is 24.1. The Balaban J connectivity index is 1.61. The Bertz CT molecular complexity index is 1370. The predicted molar refractivity (Wildman–Crippen MR) is 140 cm³/mol. The van der Waals surface area contributed by atoms with Crippen LogP contribution >= 0.6 is 15.9 Å². The number of amides is 1. The second-order valence-electron chi connectivity index (χ2n) is 9.99. The fourth-order valence-electron chi connectivity index (χ4n) is 4.55. The van der Waals surface area contributed by atoms with Gasteiger partial charge in [0.25, 0.3) is 11.7 Å². The number of hydrogen-bond acceptors (Lipinski definition) is 5. The molecule has 1 saturated heterocycles. The van der Waals surface area contributed by atoms with E-state index in [4.69, 9.17) is 9.47 Å². The number of nitrogens with zero attached hydrogens (tertiary/aromatic N) is 1. The van der Waals surface area contributed by atoms with Crippen LogP contribution in [-0.4, -0.2) is 28.5 Å². The molecule has 0 aliphatic carbocycles. The molecule has 5 rings (SSSR count). The van der Waals surface area contributed by atoms with Crippen LogP contribution in [0.5, 0.6) is 11.5 Å². The predicted octanol–water partition coefficient (Wildman–Crippen LogP) is 6.10. The van der Waals surface area contributed by atoms with Crippen LogP contribution in [-0.2, 0) is 21.5 Å². The number of aliphatic hydroxyl groups is 1. The summed E-state index contributed by atoms with van der Waals surface area (Å²) >= 11 is 3.39. The SMILES string of the molecule is CC(C)(C)c1ccc(C2/C(=C(\O)c3ccc(Br)cc3)C(=O)C(=O)N2Cc2ccc3c(c2)OCO3)cc1. The highest BCUT2D eigenvalue weighted by atomic mass is 79.9. The Morgan fingerprint density at radius 1 is 0.972 bits per heavy atom. The van der Waals surface area contributed by atoms with E-state index in [1.165, 1.54) is 4.90 Å². The molecule has 0 saturated carbocycles. The van der Waals surface area contributed by atoms with E-state index in [9.17, 15) is 14.7 Å². The van der Waals surface area contributed by atoms with Gasteiger partial charge < -0.3 is 19.5 Å². The number of likely N-dealkylation sites (tertiary alicyclic amines) is 1. The molecule has 7 heteroatoms. The molecule has 0 radical (unpaired) electrons. The minimum atomic E-state index is -0.743. The van der Waals surface area contributed by atoms with Crippen LogP contribution in [0, 0.1) is 0 Å². The van der Waals surface area contributed by atoms with Crippen molar-refractivity contribution in [2.75, 3.05) is 6.79 Å². The van der Waals surface area contributed by atoms with Gasteiger partial charge in [0.05, 0.1) is 11.6 Å². The monoisotopic (exact) mass is 547 g/mol. The van der Waals surface area contributed by atoms with Crippen LogP contribution < -0.4 is 9.47 Å². The zero-order valence-corrected chi connectivity index (χ0v) is 21.8. The fourth-order valence-corrected chi connectivity index (χ4v) is 4.82. The average molecular weight is 548 g/mol. The second kappa shape index (κ2) is 9.13. The topological polar surface area (TPSA) is 76.1 Å². The van der Waals surface area contributed by atoms with Crippen molar-refractivity contribution in [2.24, 2.45) is 0 Å². The van der Waals surface area contributed by atoms with Crippen molar-refractivity contribution in [1.82, 2.24) is 4.90 Å². The van der Waals surface area contributed by atoms with Crippen molar-refractivity contribution < 1.29 is 24.2 Å². The summed E-state index contributed by atoms with van der Waals surface area (Å²) in [6.07, 6.45) is 0. The number of rotatable bonds is 4. The molecule has 184 valence electrons. The number of hydrogen-bond donors (Lipinski definition) is 1. The molecule has 1 fully saturated rings. The Labute approximate surface area is 218 Å². The molecule has 0 aromatic heterocycles. The zero-order chi connectivity index (χ0) is 25.6. The lowest BCUT2D eigenvalue weighted by molar-refractivity contribution is -0.140. The van der Waals surface area contributed by atoms with E-state index in [0.29, 0.717) is 17.1 Å². The molecule has 0 bridgehead atoms. The molecule has 1 amide bonds. The number of carbonyl (C=O) groups excluding carboxylic acids is 2. The van der Waals surface area contributed by atoms with Gasteiger partial charge in [-0.2, -0.15) is 0 Å². The van der Waals surface area contributed by atoms with Crippen LogP contribution in [0.15, 0.2) is 76.8 Å². The highest BCUT2D eigenvalue weighted by molar-refractivity contribution is 9.10. The zero-order valence-electron chi connectivity index (χ0n) is 20.2. The smallest absolute Gasteiger partial charge is 0.295 e. The lowest BCUT2D eigenvalue weighted by Crippen LogP contribution is -2.29. The third kappa shape index (κ3) is 4.39. The first-order valence-corrected chi connectivity index (χ1v) is 12.5. The van der Waals surface area contributed by atoms with Gasteiger partial charge in [-0.1, -0.05) is 79.2 Å². The van der Waals surface area contributed by atoms with Gasteiger partial charge in [-0.05, 0) is 46.4 Å². The van der Waals surface area contributed by atoms with E-state index in [2.05, 4.69) is 36.7 Å².